The average molecular weight is 576 g/mol. The number of guanidine groups is 2. The number of hydrogen-bond donors (Lipinski definition) is 1. The van der Waals surface area contributed by atoms with Crippen LogP contribution in [0.1, 0.15) is 11.1 Å². The molecular weight excluding hydrogens is 551 g/mol. The first kappa shape index (κ1) is 29.7. The van der Waals surface area contributed by atoms with Crippen LogP contribution < -0.4 is 5.32 Å². The number of halogens is 3. The number of nitrogens with zero attached hydrogens (tertiary/aromatic N) is 9. The molecule has 0 aliphatic carbocycles. The van der Waals surface area contributed by atoms with Gasteiger partial charge < -0.3 is 20.0 Å². The van der Waals surface area contributed by atoms with Gasteiger partial charge in [-0.2, -0.15) is 0 Å². The number of likely N-dealkylation sites (N-methyl/N-ethyl adjacent to an activating group) is 1. The molecule has 4 rings (SSSR count). The summed E-state index contributed by atoms with van der Waals surface area (Å²) >= 11 is 16.0. The van der Waals surface area contributed by atoms with Crippen LogP contribution in [0.4, 0.5) is 0 Å². The van der Waals surface area contributed by atoms with Crippen LogP contribution >= 0.6 is 34.8 Å². The Kier molecular flexibility index (Phi) is 12.0. The van der Waals surface area contributed by atoms with Crippen molar-refractivity contribution < 1.29 is 10.1 Å². The van der Waals surface area contributed by atoms with Crippen LogP contribution in [-0.4, -0.2) is 86.3 Å². The zero-order chi connectivity index (χ0) is 27.4. The van der Waals surface area contributed by atoms with E-state index in [0.717, 1.165) is 11.1 Å². The number of aromatic nitrogens is 2. The van der Waals surface area contributed by atoms with Crippen LogP contribution in [0.3, 0.4) is 0 Å². The third-order valence-corrected chi connectivity index (χ3v) is 5.41. The quantitative estimate of drug-likeness (QED) is 0.235. The Bertz CT molecular complexity index is 1100. The second kappa shape index (κ2) is 14.9. The molecule has 2 aromatic heterocycles. The van der Waals surface area contributed by atoms with E-state index in [1.165, 1.54) is 6.38 Å². The van der Waals surface area contributed by atoms with Gasteiger partial charge in [0.2, 0.25) is 0 Å². The Hall–Kier alpha value is -3.49. The first-order valence-corrected chi connectivity index (χ1v) is 12.2. The SMILES string of the molecule is CCl.CN1CCN(Cc2ccc(Cl)nc2)/C1=N/[N+](=O)[O-].O=[N+]([O-])/N=C1\NCCN1Cc1ccc(Cl)nc1. The van der Waals surface area contributed by atoms with Gasteiger partial charge in [0.05, 0.1) is 0 Å². The molecule has 0 radical (unpaired) electrons. The third kappa shape index (κ3) is 9.82. The number of hydrazone groups is 2. The molecule has 2 aliphatic rings. The first-order chi connectivity index (χ1) is 17.7. The standard InChI is InChI=1S/C10H12ClN5O2.C9H10ClN5O2.CH3Cl/c1-14-4-5-15(10(14)13-16(17)18)7-8-2-3-9(11)12-6-8;10-8-2-1-7(5-12-8)6-14-4-3-11-9(14)13-15(16)17;1-2/h2-3,6H,4-5,7H2,1H3;1-2,5H,3-4,6H2,(H,11,13);1H3/b13-10+;;. The van der Waals surface area contributed by atoms with Crippen molar-refractivity contribution in [2.45, 2.75) is 13.1 Å². The van der Waals surface area contributed by atoms with E-state index in [2.05, 4.69) is 37.1 Å². The van der Waals surface area contributed by atoms with Gasteiger partial charge >= 0.3 is 0 Å². The molecular formula is C20H25Cl3N10O4. The largest absolute Gasteiger partial charge is 0.349 e. The minimum Gasteiger partial charge on any atom is -0.349 e. The predicted molar refractivity (Wildman–Crippen MR) is 141 cm³/mol. The highest BCUT2D eigenvalue weighted by atomic mass is 35.5. The van der Waals surface area contributed by atoms with Crippen molar-refractivity contribution in [2.24, 2.45) is 10.2 Å². The second-order valence-electron chi connectivity index (χ2n) is 7.47. The molecule has 0 bridgehead atoms. The van der Waals surface area contributed by atoms with Crippen LogP contribution in [0, 0.1) is 20.2 Å². The summed E-state index contributed by atoms with van der Waals surface area (Å²) in [6.07, 6.45) is 4.77. The molecule has 2 aromatic rings. The van der Waals surface area contributed by atoms with E-state index in [4.69, 9.17) is 23.2 Å². The number of hydrogen-bond acceptors (Lipinski definition) is 6. The summed E-state index contributed by atoms with van der Waals surface area (Å²) in [7, 11) is 1.78. The van der Waals surface area contributed by atoms with E-state index in [9.17, 15) is 20.2 Å². The number of alkyl halides is 1. The van der Waals surface area contributed by atoms with E-state index in [0.29, 0.717) is 55.5 Å². The topological polar surface area (TPSA) is 159 Å². The minimum absolute atomic E-state index is 0.282. The summed E-state index contributed by atoms with van der Waals surface area (Å²) in [6.45, 7) is 3.79. The zero-order valence-corrected chi connectivity index (χ0v) is 22.3. The molecule has 37 heavy (non-hydrogen) atoms. The fourth-order valence-electron chi connectivity index (χ4n) is 3.37. The first-order valence-electron chi connectivity index (χ1n) is 10.7. The number of rotatable bonds is 6. The minimum atomic E-state index is -0.708. The van der Waals surface area contributed by atoms with Gasteiger partial charge in [-0.15, -0.1) is 11.6 Å². The van der Waals surface area contributed by atoms with Gasteiger partial charge in [-0.1, -0.05) is 35.3 Å². The molecule has 0 saturated carbocycles. The van der Waals surface area contributed by atoms with Crippen LogP contribution in [0.2, 0.25) is 10.3 Å². The number of nitrogens with one attached hydrogen (secondary N) is 1. The van der Waals surface area contributed by atoms with Gasteiger partial charge in [-0.25, -0.2) is 30.2 Å². The molecule has 0 unspecified atom stereocenters. The fourth-order valence-corrected chi connectivity index (χ4v) is 3.59. The van der Waals surface area contributed by atoms with E-state index in [1.54, 1.807) is 41.4 Å². The molecule has 0 amide bonds. The van der Waals surface area contributed by atoms with Crippen molar-refractivity contribution in [1.29, 1.82) is 0 Å². The van der Waals surface area contributed by atoms with Crippen LogP contribution in [0.5, 0.6) is 0 Å². The molecule has 0 aromatic carbocycles. The lowest BCUT2D eigenvalue weighted by Gasteiger charge is -2.17. The fraction of sp³-hybridized carbons (Fsp3) is 0.400. The smallest absolute Gasteiger partial charge is 0.274 e. The van der Waals surface area contributed by atoms with Gasteiger partial charge in [0.15, 0.2) is 10.1 Å². The Morgan fingerprint density at radius 3 is 1.92 bits per heavy atom. The molecule has 2 aliphatic heterocycles. The van der Waals surface area contributed by atoms with Crippen LogP contribution in [-0.2, 0) is 13.1 Å². The molecule has 1 N–H and O–H groups in total. The normalized spacial score (nSPS) is 16.6. The van der Waals surface area contributed by atoms with Crippen molar-refractivity contribution >= 4 is 46.7 Å². The van der Waals surface area contributed by atoms with Crippen molar-refractivity contribution in [3.8, 4) is 0 Å². The Morgan fingerprint density at radius 1 is 0.892 bits per heavy atom. The molecule has 4 heterocycles. The highest BCUT2D eigenvalue weighted by molar-refractivity contribution is 6.29. The van der Waals surface area contributed by atoms with E-state index >= 15 is 0 Å². The highest BCUT2D eigenvalue weighted by Crippen LogP contribution is 2.13. The highest BCUT2D eigenvalue weighted by Gasteiger charge is 2.27. The maximum Gasteiger partial charge on any atom is 0.274 e. The third-order valence-electron chi connectivity index (χ3n) is 4.97. The molecule has 17 heteroatoms. The molecule has 200 valence electrons. The van der Waals surface area contributed by atoms with Crippen LogP contribution in [0.25, 0.3) is 0 Å². The molecule has 2 saturated heterocycles. The average Bonchev–Trinajstić information content (AvgIpc) is 3.44. The maximum atomic E-state index is 10.5. The van der Waals surface area contributed by atoms with Gasteiger partial charge in [-0.05, 0) is 23.3 Å². The van der Waals surface area contributed by atoms with Crippen molar-refractivity contribution in [2.75, 3.05) is 39.6 Å². The summed E-state index contributed by atoms with van der Waals surface area (Å²) in [5, 5.41) is 29.8. The summed E-state index contributed by atoms with van der Waals surface area (Å²) in [4.78, 5) is 34.1. The molecule has 14 nitrogen and oxygen atoms in total. The van der Waals surface area contributed by atoms with Crippen molar-refractivity contribution in [1.82, 2.24) is 30.0 Å². The van der Waals surface area contributed by atoms with E-state index in [-0.39, 0.29) is 5.96 Å². The van der Waals surface area contributed by atoms with Gasteiger partial charge in [0, 0.05) is 65.1 Å². The molecule has 2 fully saturated rings. The Balaban J connectivity index is 0.000000244. The van der Waals surface area contributed by atoms with Crippen LogP contribution in [0.15, 0.2) is 46.9 Å². The lowest BCUT2D eigenvalue weighted by atomic mass is 10.3. The van der Waals surface area contributed by atoms with Gasteiger partial charge in [0.1, 0.15) is 20.5 Å². The Morgan fingerprint density at radius 2 is 1.43 bits per heavy atom. The van der Waals surface area contributed by atoms with Gasteiger partial charge in [-0.3, -0.25) is 0 Å². The monoisotopic (exact) mass is 574 g/mol. The lowest BCUT2D eigenvalue weighted by Crippen LogP contribution is -2.31. The maximum absolute atomic E-state index is 10.5. The summed E-state index contributed by atoms with van der Waals surface area (Å²) in [5.41, 5.74) is 1.86. The summed E-state index contributed by atoms with van der Waals surface area (Å²) in [6, 6.07) is 7.06. The number of pyridine rings is 2. The summed E-state index contributed by atoms with van der Waals surface area (Å²) < 4.78 is 0. The van der Waals surface area contributed by atoms with E-state index in [1.807, 2.05) is 17.0 Å². The molecule has 0 atom stereocenters. The summed E-state index contributed by atoms with van der Waals surface area (Å²) in [5.74, 6) is 0.653. The van der Waals surface area contributed by atoms with E-state index < -0.39 is 10.1 Å². The lowest BCUT2D eigenvalue weighted by molar-refractivity contribution is -0.486. The van der Waals surface area contributed by atoms with Crippen molar-refractivity contribution in [3.05, 3.63) is 78.3 Å². The predicted octanol–water partition coefficient (Wildman–Crippen LogP) is 2.57. The molecule has 0 spiro atoms. The zero-order valence-electron chi connectivity index (χ0n) is 20.0. The number of nitro groups is 2. The van der Waals surface area contributed by atoms with Crippen molar-refractivity contribution in [3.63, 3.8) is 0 Å². The Labute approximate surface area is 227 Å². The van der Waals surface area contributed by atoms with Gasteiger partial charge in [0.25, 0.3) is 11.9 Å². The second-order valence-corrected chi connectivity index (χ2v) is 8.24.